The molecule has 35 heavy (non-hydrogen) atoms. The minimum atomic E-state index is -4.00. The lowest BCUT2D eigenvalue weighted by Gasteiger charge is -2.28. The van der Waals surface area contributed by atoms with Crippen LogP contribution >= 0.6 is 11.6 Å². The van der Waals surface area contributed by atoms with Gasteiger partial charge in [-0.15, -0.1) is 0 Å². The van der Waals surface area contributed by atoms with Crippen molar-refractivity contribution >= 4 is 27.7 Å². The van der Waals surface area contributed by atoms with E-state index in [2.05, 4.69) is 10.3 Å². The third kappa shape index (κ3) is 5.55. The molecule has 0 radical (unpaired) electrons. The zero-order chi connectivity index (χ0) is 25.0. The summed E-state index contributed by atoms with van der Waals surface area (Å²) in [5.41, 5.74) is 6.71. The van der Waals surface area contributed by atoms with Crippen LogP contribution in [0.15, 0.2) is 59.8 Å². The molecule has 184 valence electrons. The number of primary amides is 1. The SMILES string of the molecule is NC(=O)NCc1cnccc1-c1cccc(Oc2ccc(F)cc2Cl)c1S(=O)(=O)N1CCCCC1. The molecule has 0 spiro atoms. The van der Waals surface area contributed by atoms with Crippen molar-refractivity contribution in [3.8, 4) is 22.6 Å². The van der Waals surface area contributed by atoms with Gasteiger partial charge in [-0.05, 0) is 54.3 Å². The maximum Gasteiger partial charge on any atom is 0.312 e. The summed E-state index contributed by atoms with van der Waals surface area (Å²) in [5, 5.41) is 2.52. The summed E-state index contributed by atoms with van der Waals surface area (Å²) in [6, 6.07) is 9.41. The van der Waals surface area contributed by atoms with E-state index in [1.165, 1.54) is 34.9 Å². The number of benzene rings is 2. The normalized spacial score (nSPS) is 14.5. The molecule has 0 unspecified atom stereocenters. The van der Waals surface area contributed by atoms with Crippen molar-refractivity contribution in [3.05, 3.63) is 71.3 Å². The number of nitrogens with zero attached hydrogens (tertiary/aromatic N) is 2. The highest BCUT2D eigenvalue weighted by Gasteiger charge is 2.33. The molecule has 2 heterocycles. The van der Waals surface area contributed by atoms with Gasteiger partial charge in [-0.3, -0.25) is 4.98 Å². The average Bonchev–Trinajstić information content (AvgIpc) is 2.85. The van der Waals surface area contributed by atoms with Crippen molar-refractivity contribution in [2.24, 2.45) is 5.73 Å². The topological polar surface area (TPSA) is 115 Å². The number of piperidine rings is 1. The number of halogens is 2. The Labute approximate surface area is 207 Å². The number of rotatable bonds is 7. The molecular formula is C24H24ClFN4O4S. The van der Waals surface area contributed by atoms with E-state index in [0.717, 1.165) is 25.3 Å². The highest BCUT2D eigenvalue weighted by Crippen LogP contribution is 2.41. The number of amides is 2. The Kier molecular flexibility index (Phi) is 7.54. The maximum absolute atomic E-state index is 14.0. The third-order valence-electron chi connectivity index (χ3n) is 5.65. The van der Waals surface area contributed by atoms with Crippen molar-refractivity contribution in [3.63, 3.8) is 0 Å². The molecule has 8 nitrogen and oxygen atoms in total. The molecular weight excluding hydrogens is 495 g/mol. The number of urea groups is 1. The highest BCUT2D eigenvalue weighted by molar-refractivity contribution is 7.89. The number of hydrogen-bond acceptors (Lipinski definition) is 5. The minimum absolute atomic E-state index is 0.00646. The van der Waals surface area contributed by atoms with E-state index in [1.807, 2.05) is 0 Å². The molecule has 0 aliphatic carbocycles. The number of aromatic nitrogens is 1. The number of nitrogens with one attached hydrogen (secondary N) is 1. The van der Waals surface area contributed by atoms with E-state index in [1.54, 1.807) is 18.2 Å². The van der Waals surface area contributed by atoms with Gasteiger partial charge >= 0.3 is 6.03 Å². The van der Waals surface area contributed by atoms with Gasteiger partial charge in [0.2, 0.25) is 10.0 Å². The Morgan fingerprint density at radius 1 is 1.11 bits per heavy atom. The van der Waals surface area contributed by atoms with Crippen LogP contribution < -0.4 is 15.8 Å². The van der Waals surface area contributed by atoms with Crippen LogP contribution in [-0.2, 0) is 16.6 Å². The van der Waals surface area contributed by atoms with Crippen LogP contribution in [-0.4, -0.2) is 36.8 Å². The molecule has 2 amide bonds. The van der Waals surface area contributed by atoms with Crippen LogP contribution in [0.2, 0.25) is 5.02 Å². The Bertz CT molecular complexity index is 1350. The van der Waals surface area contributed by atoms with Crippen LogP contribution in [0, 0.1) is 5.82 Å². The lowest BCUT2D eigenvalue weighted by Crippen LogP contribution is -2.36. The molecule has 1 aliphatic rings. The molecule has 4 rings (SSSR count). The molecule has 1 saturated heterocycles. The van der Waals surface area contributed by atoms with Crippen LogP contribution in [0.25, 0.3) is 11.1 Å². The second-order valence-corrected chi connectivity index (χ2v) is 10.3. The first kappa shape index (κ1) is 24.9. The molecule has 0 saturated carbocycles. The predicted octanol–water partition coefficient (Wildman–Crippen LogP) is 4.68. The summed E-state index contributed by atoms with van der Waals surface area (Å²) >= 11 is 6.16. The number of nitrogens with two attached hydrogens (primary N) is 1. The molecule has 0 atom stereocenters. The number of pyridine rings is 1. The first-order valence-electron chi connectivity index (χ1n) is 11.0. The van der Waals surface area contributed by atoms with Gasteiger partial charge in [0.15, 0.2) is 0 Å². The minimum Gasteiger partial charge on any atom is -0.454 e. The molecule has 1 aliphatic heterocycles. The summed E-state index contributed by atoms with van der Waals surface area (Å²) in [4.78, 5) is 15.4. The van der Waals surface area contributed by atoms with Gasteiger partial charge in [0, 0.05) is 37.6 Å². The molecule has 1 fully saturated rings. The zero-order valence-corrected chi connectivity index (χ0v) is 20.3. The smallest absolute Gasteiger partial charge is 0.312 e. The summed E-state index contributed by atoms with van der Waals surface area (Å²) in [6.07, 6.45) is 5.53. The summed E-state index contributed by atoms with van der Waals surface area (Å²) in [5.74, 6) is -0.376. The van der Waals surface area contributed by atoms with E-state index in [4.69, 9.17) is 22.1 Å². The standard InChI is InChI=1S/C24H24ClFN4O4S/c25-20-13-17(26)7-8-21(20)34-22-6-4-5-19(18-9-10-28-14-16(18)15-29-24(27)31)23(22)35(32,33)30-11-2-1-3-12-30/h4-10,13-14H,1-3,11-12,15H2,(H3,27,29,31). The van der Waals surface area contributed by atoms with Crippen LogP contribution in [0.4, 0.5) is 9.18 Å². The van der Waals surface area contributed by atoms with Crippen LogP contribution in [0.5, 0.6) is 11.5 Å². The van der Waals surface area contributed by atoms with Gasteiger partial charge in [-0.2, -0.15) is 4.31 Å². The van der Waals surface area contributed by atoms with Gasteiger partial charge in [-0.1, -0.05) is 30.2 Å². The largest absolute Gasteiger partial charge is 0.454 e. The Balaban J connectivity index is 1.89. The fourth-order valence-corrected chi connectivity index (χ4v) is 6.02. The highest BCUT2D eigenvalue weighted by atomic mass is 35.5. The first-order valence-corrected chi connectivity index (χ1v) is 12.8. The summed E-state index contributed by atoms with van der Waals surface area (Å²) in [6.45, 7) is 0.830. The second-order valence-electron chi connectivity index (χ2n) is 8.03. The fraction of sp³-hybridized carbons (Fsp3) is 0.250. The molecule has 1 aromatic heterocycles. The van der Waals surface area contributed by atoms with E-state index < -0.39 is 21.9 Å². The molecule has 2 aromatic carbocycles. The summed E-state index contributed by atoms with van der Waals surface area (Å²) < 4.78 is 48.9. The number of ether oxygens (including phenoxy) is 1. The summed E-state index contributed by atoms with van der Waals surface area (Å²) in [7, 11) is -4.00. The van der Waals surface area contributed by atoms with Gasteiger partial charge in [0.1, 0.15) is 22.2 Å². The Hall–Kier alpha value is -3.21. The Morgan fingerprint density at radius 2 is 1.89 bits per heavy atom. The first-order chi connectivity index (χ1) is 16.8. The predicted molar refractivity (Wildman–Crippen MR) is 130 cm³/mol. The van der Waals surface area contributed by atoms with Crippen molar-refractivity contribution in [1.82, 2.24) is 14.6 Å². The van der Waals surface area contributed by atoms with Crippen molar-refractivity contribution in [2.75, 3.05) is 13.1 Å². The van der Waals surface area contributed by atoms with Crippen molar-refractivity contribution in [2.45, 2.75) is 30.7 Å². The Morgan fingerprint density at radius 3 is 2.60 bits per heavy atom. The lowest BCUT2D eigenvalue weighted by molar-refractivity contribution is 0.248. The second kappa shape index (κ2) is 10.6. The van der Waals surface area contributed by atoms with E-state index in [9.17, 15) is 17.6 Å². The molecule has 0 bridgehead atoms. The lowest BCUT2D eigenvalue weighted by atomic mass is 10.0. The van der Waals surface area contributed by atoms with Gasteiger partial charge in [0.05, 0.1) is 5.02 Å². The molecule has 3 N–H and O–H groups in total. The monoisotopic (exact) mass is 518 g/mol. The van der Waals surface area contributed by atoms with Crippen molar-refractivity contribution in [1.29, 1.82) is 0 Å². The van der Waals surface area contributed by atoms with Gasteiger partial charge in [0.25, 0.3) is 0 Å². The van der Waals surface area contributed by atoms with Gasteiger partial charge in [-0.25, -0.2) is 17.6 Å². The fourth-order valence-electron chi connectivity index (χ4n) is 4.00. The molecule has 3 aromatic rings. The van der Waals surface area contributed by atoms with Crippen LogP contribution in [0.3, 0.4) is 0 Å². The van der Waals surface area contributed by atoms with E-state index in [0.29, 0.717) is 29.8 Å². The number of hydrogen-bond donors (Lipinski definition) is 2. The number of carbonyl (C=O) groups is 1. The average molecular weight is 519 g/mol. The maximum atomic E-state index is 14.0. The van der Waals surface area contributed by atoms with Gasteiger partial charge < -0.3 is 15.8 Å². The third-order valence-corrected chi connectivity index (χ3v) is 7.93. The van der Waals surface area contributed by atoms with Crippen LogP contribution in [0.1, 0.15) is 24.8 Å². The van der Waals surface area contributed by atoms with Crippen molar-refractivity contribution < 1.29 is 22.3 Å². The molecule has 11 heteroatoms. The van der Waals surface area contributed by atoms with E-state index >= 15 is 0 Å². The van der Waals surface area contributed by atoms with E-state index in [-0.39, 0.29) is 28.0 Å². The number of carbonyl (C=O) groups excluding carboxylic acids is 1. The quantitative estimate of drug-likeness (QED) is 0.471. The zero-order valence-electron chi connectivity index (χ0n) is 18.7. The number of sulfonamides is 1.